The first-order valence-corrected chi connectivity index (χ1v) is 7.37. The van der Waals surface area contributed by atoms with Crippen molar-refractivity contribution in [2.24, 2.45) is 10.7 Å². The lowest BCUT2D eigenvalue weighted by atomic mass is 10.1. The molecule has 0 saturated carbocycles. The molecule has 0 bridgehead atoms. The van der Waals surface area contributed by atoms with E-state index in [0.717, 1.165) is 11.4 Å². The summed E-state index contributed by atoms with van der Waals surface area (Å²) in [6, 6.07) is 14.2. The van der Waals surface area contributed by atoms with Gasteiger partial charge in [-0.2, -0.15) is 0 Å². The molecule has 0 aliphatic carbocycles. The van der Waals surface area contributed by atoms with Crippen LogP contribution in [-0.4, -0.2) is 19.1 Å². The molecule has 4 nitrogen and oxygen atoms in total. The summed E-state index contributed by atoms with van der Waals surface area (Å²) in [4.78, 5) is 4.27. The SMILES string of the molecule is Cc1ccc(OCCN=C(N)Nc2cc(C)cc(C)c2)cc1. The van der Waals surface area contributed by atoms with Gasteiger partial charge in [-0.25, -0.2) is 4.99 Å². The zero-order valence-electron chi connectivity index (χ0n) is 13.4. The molecule has 0 fully saturated rings. The van der Waals surface area contributed by atoms with Crippen LogP contribution in [0.15, 0.2) is 47.5 Å². The van der Waals surface area contributed by atoms with Crippen LogP contribution in [0.2, 0.25) is 0 Å². The highest BCUT2D eigenvalue weighted by molar-refractivity contribution is 5.92. The zero-order chi connectivity index (χ0) is 15.9. The Morgan fingerprint density at radius 3 is 2.27 bits per heavy atom. The second-order valence-electron chi connectivity index (χ2n) is 5.43. The Labute approximate surface area is 132 Å². The van der Waals surface area contributed by atoms with E-state index in [1.807, 2.05) is 43.3 Å². The number of anilines is 1. The van der Waals surface area contributed by atoms with Crippen molar-refractivity contribution in [3.63, 3.8) is 0 Å². The van der Waals surface area contributed by atoms with Gasteiger partial charge in [-0.1, -0.05) is 23.8 Å². The number of nitrogens with two attached hydrogens (primary N) is 1. The smallest absolute Gasteiger partial charge is 0.193 e. The van der Waals surface area contributed by atoms with E-state index in [-0.39, 0.29) is 0 Å². The van der Waals surface area contributed by atoms with Crippen LogP contribution in [0.25, 0.3) is 0 Å². The van der Waals surface area contributed by atoms with Gasteiger partial charge >= 0.3 is 0 Å². The molecule has 0 atom stereocenters. The van der Waals surface area contributed by atoms with Gasteiger partial charge in [0.2, 0.25) is 0 Å². The van der Waals surface area contributed by atoms with Gasteiger partial charge in [0.25, 0.3) is 0 Å². The van der Waals surface area contributed by atoms with Gasteiger partial charge in [-0.15, -0.1) is 0 Å². The summed E-state index contributed by atoms with van der Waals surface area (Å²) in [6.07, 6.45) is 0. The fourth-order valence-corrected chi connectivity index (χ4v) is 2.20. The Bertz CT molecular complexity index is 628. The minimum Gasteiger partial charge on any atom is -0.492 e. The summed E-state index contributed by atoms with van der Waals surface area (Å²) in [5, 5.41) is 3.10. The number of benzene rings is 2. The Morgan fingerprint density at radius 1 is 1.00 bits per heavy atom. The summed E-state index contributed by atoms with van der Waals surface area (Å²) in [5.41, 5.74) is 10.4. The standard InChI is InChI=1S/C18H23N3O/c1-13-4-6-17(7-5-13)22-9-8-20-18(19)21-16-11-14(2)10-15(3)12-16/h4-7,10-12H,8-9H2,1-3H3,(H3,19,20,21). The third-order valence-electron chi connectivity index (χ3n) is 3.16. The number of hydrogen-bond acceptors (Lipinski definition) is 2. The summed E-state index contributed by atoms with van der Waals surface area (Å²) in [7, 11) is 0. The van der Waals surface area contributed by atoms with Crippen molar-refractivity contribution in [2.45, 2.75) is 20.8 Å². The van der Waals surface area contributed by atoms with Gasteiger partial charge in [-0.3, -0.25) is 0 Å². The van der Waals surface area contributed by atoms with Crippen molar-refractivity contribution < 1.29 is 4.74 Å². The Morgan fingerprint density at radius 2 is 1.64 bits per heavy atom. The van der Waals surface area contributed by atoms with Crippen molar-refractivity contribution in [3.8, 4) is 5.75 Å². The molecule has 0 unspecified atom stereocenters. The quantitative estimate of drug-likeness (QED) is 0.505. The number of guanidine groups is 1. The summed E-state index contributed by atoms with van der Waals surface area (Å²) in [6.45, 7) is 7.17. The molecule has 2 aromatic carbocycles. The third-order valence-corrected chi connectivity index (χ3v) is 3.16. The van der Waals surface area contributed by atoms with Gasteiger partial charge in [0.05, 0.1) is 6.54 Å². The van der Waals surface area contributed by atoms with Crippen molar-refractivity contribution in [2.75, 3.05) is 18.5 Å². The summed E-state index contributed by atoms with van der Waals surface area (Å²) in [5.74, 6) is 1.25. The molecule has 116 valence electrons. The van der Waals surface area contributed by atoms with Crippen LogP contribution in [-0.2, 0) is 0 Å². The first kappa shape index (κ1) is 15.9. The van der Waals surface area contributed by atoms with Crippen LogP contribution in [0.1, 0.15) is 16.7 Å². The van der Waals surface area contributed by atoms with Crippen LogP contribution in [0, 0.1) is 20.8 Å². The van der Waals surface area contributed by atoms with Gasteiger partial charge < -0.3 is 15.8 Å². The topological polar surface area (TPSA) is 59.6 Å². The van der Waals surface area contributed by atoms with E-state index in [2.05, 4.69) is 30.2 Å². The lowest BCUT2D eigenvalue weighted by Gasteiger charge is -2.08. The molecule has 3 N–H and O–H groups in total. The van der Waals surface area contributed by atoms with E-state index >= 15 is 0 Å². The first-order chi connectivity index (χ1) is 10.5. The van der Waals surface area contributed by atoms with E-state index in [1.165, 1.54) is 16.7 Å². The molecule has 0 amide bonds. The molecule has 0 aromatic heterocycles. The number of ether oxygens (including phenoxy) is 1. The number of aryl methyl sites for hydroxylation is 3. The second kappa shape index (κ2) is 7.50. The van der Waals surface area contributed by atoms with Crippen molar-refractivity contribution in [1.82, 2.24) is 0 Å². The minimum atomic E-state index is 0.400. The summed E-state index contributed by atoms with van der Waals surface area (Å²) < 4.78 is 5.61. The highest BCUT2D eigenvalue weighted by Gasteiger charge is 1.98. The molecule has 0 radical (unpaired) electrons. The average molecular weight is 297 g/mol. The van der Waals surface area contributed by atoms with Crippen molar-refractivity contribution >= 4 is 11.6 Å². The molecule has 0 heterocycles. The maximum atomic E-state index is 5.89. The van der Waals surface area contributed by atoms with Crippen molar-refractivity contribution in [3.05, 3.63) is 59.2 Å². The van der Waals surface area contributed by atoms with E-state index in [9.17, 15) is 0 Å². The number of rotatable bonds is 5. The molecule has 0 saturated heterocycles. The number of nitrogens with zero attached hydrogens (tertiary/aromatic N) is 1. The number of nitrogens with one attached hydrogen (secondary N) is 1. The largest absolute Gasteiger partial charge is 0.492 e. The molecule has 22 heavy (non-hydrogen) atoms. The minimum absolute atomic E-state index is 0.400. The van der Waals surface area contributed by atoms with E-state index in [0.29, 0.717) is 19.1 Å². The Kier molecular flexibility index (Phi) is 5.42. The van der Waals surface area contributed by atoms with Crippen LogP contribution in [0.4, 0.5) is 5.69 Å². The predicted molar refractivity (Wildman–Crippen MR) is 92.7 cm³/mol. The Hall–Kier alpha value is -2.49. The highest BCUT2D eigenvalue weighted by Crippen LogP contribution is 2.13. The van der Waals surface area contributed by atoms with E-state index in [4.69, 9.17) is 10.5 Å². The Balaban J connectivity index is 1.81. The zero-order valence-corrected chi connectivity index (χ0v) is 13.4. The molecule has 0 aliphatic heterocycles. The maximum absolute atomic E-state index is 5.89. The summed E-state index contributed by atoms with van der Waals surface area (Å²) >= 11 is 0. The lowest BCUT2D eigenvalue weighted by Crippen LogP contribution is -2.23. The monoisotopic (exact) mass is 297 g/mol. The van der Waals surface area contributed by atoms with E-state index < -0.39 is 0 Å². The normalized spacial score (nSPS) is 11.3. The van der Waals surface area contributed by atoms with Crippen LogP contribution in [0.3, 0.4) is 0 Å². The first-order valence-electron chi connectivity index (χ1n) is 7.37. The maximum Gasteiger partial charge on any atom is 0.193 e. The molecule has 4 heteroatoms. The molecule has 2 rings (SSSR count). The number of hydrogen-bond donors (Lipinski definition) is 2. The molecule has 0 spiro atoms. The van der Waals surface area contributed by atoms with Crippen LogP contribution < -0.4 is 15.8 Å². The molecule has 2 aromatic rings. The molecule has 0 aliphatic rings. The third kappa shape index (κ3) is 5.13. The van der Waals surface area contributed by atoms with Gasteiger partial charge in [-0.05, 0) is 56.2 Å². The second-order valence-corrected chi connectivity index (χ2v) is 5.43. The van der Waals surface area contributed by atoms with Crippen LogP contribution in [0.5, 0.6) is 5.75 Å². The predicted octanol–water partition coefficient (Wildman–Crippen LogP) is 3.42. The van der Waals surface area contributed by atoms with Crippen LogP contribution >= 0.6 is 0 Å². The fraction of sp³-hybridized carbons (Fsp3) is 0.278. The fourth-order valence-electron chi connectivity index (χ4n) is 2.20. The molecular formula is C18H23N3O. The van der Waals surface area contributed by atoms with Gasteiger partial charge in [0.1, 0.15) is 12.4 Å². The highest BCUT2D eigenvalue weighted by atomic mass is 16.5. The number of aliphatic imine (C=N–C) groups is 1. The van der Waals surface area contributed by atoms with Gasteiger partial charge in [0, 0.05) is 5.69 Å². The van der Waals surface area contributed by atoms with Crippen molar-refractivity contribution in [1.29, 1.82) is 0 Å². The molecular weight excluding hydrogens is 274 g/mol. The average Bonchev–Trinajstić information content (AvgIpc) is 2.44. The lowest BCUT2D eigenvalue weighted by molar-refractivity contribution is 0.328. The van der Waals surface area contributed by atoms with Gasteiger partial charge in [0.15, 0.2) is 5.96 Å². The van der Waals surface area contributed by atoms with E-state index in [1.54, 1.807) is 0 Å².